The Bertz CT molecular complexity index is 468. The van der Waals surface area contributed by atoms with Gasteiger partial charge in [0.2, 0.25) is 5.91 Å². The molecule has 0 saturated carbocycles. The van der Waals surface area contributed by atoms with Gasteiger partial charge in [-0.2, -0.15) is 5.26 Å². The van der Waals surface area contributed by atoms with Crippen molar-refractivity contribution in [3.8, 4) is 6.07 Å². The first kappa shape index (κ1) is 11.4. The third kappa shape index (κ3) is 2.34. The number of nitrogens with one attached hydrogen (secondary N) is 1. The molecule has 1 amide bonds. The Morgan fingerprint density at radius 1 is 1.62 bits per heavy atom. The van der Waals surface area contributed by atoms with E-state index >= 15 is 0 Å². The normalized spacial score (nSPS) is 18.5. The van der Waals surface area contributed by atoms with Gasteiger partial charge in [-0.3, -0.25) is 4.79 Å². The summed E-state index contributed by atoms with van der Waals surface area (Å²) in [5, 5.41) is 11.3. The number of hydrogen-bond donors (Lipinski definition) is 1. The molecule has 0 saturated heterocycles. The van der Waals surface area contributed by atoms with Crippen LogP contribution in [0.3, 0.4) is 0 Å². The van der Waals surface area contributed by atoms with Gasteiger partial charge in [-0.25, -0.2) is 0 Å². The number of hydrogen-bond acceptors (Lipinski definition) is 4. The molecule has 1 atom stereocenters. The van der Waals surface area contributed by atoms with Gasteiger partial charge in [-0.1, -0.05) is 0 Å². The molecule has 1 aromatic carbocycles. The molecule has 0 aliphatic carbocycles. The van der Waals surface area contributed by atoms with Crippen LogP contribution in [0.15, 0.2) is 28.0 Å². The van der Waals surface area contributed by atoms with Crippen LogP contribution < -0.4 is 5.32 Å². The second kappa shape index (κ2) is 4.81. The Kier molecular flexibility index (Phi) is 3.42. The Balaban J connectivity index is 2.23. The number of carbonyl (C=O) groups excluding carboxylic acids is 1. The molecule has 0 spiro atoms. The molecule has 0 bridgehead atoms. The summed E-state index contributed by atoms with van der Waals surface area (Å²) in [6.07, 6.45) is 0. The fourth-order valence-electron chi connectivity index (χ4n) is 1.39. The fraction of sp³-hybridized carbons (Fsp3) is 0.273. The third-order valence-corrected chi connectivity index (χ3v) is 4.22. The molecule has 1 aliphatic rings. The average Bonchev–Trinajstić information content (AvgIpc) is 2.28. The maximum atomic E-state index is 11.5. The van der Waals surface area contributed by atoms with Crippen molar-refractivity contribution < 1.29 is 4.79 Å². The first-order valence-electron chi connectivity index (χ1n) is 4.82. The van der Waals surface area contributed by atoms with Crippen molar-refractivity contribution in [3.05, 3.63) is 18.2 Å². The number of fused-ring (bicyclic) bond motifs is 1. The summed E-state index contributed by atoms with van der Waals surface area (Å²) >= 11 is 3.04. The molecule has 3 nitrogen and oxygen atoms in total. The number of benzene rings is 1. The van der Waals surface area contributed by atoms with Crippen molar-refractivity contribution >= 4 is 35.1 Å². The van der Waals surface area contributed by atoms with E-state index in [1.807, 2.05) is 25.1 Å². The van der Waals surface area contributed by atoms with E-state index in [9.17, 15) is 4.79 Å². The number of carbonyl (C=O) groups is 1. The average molecular weight is 250 g/mol. The van der Waals surface area contributed by atoms with Crippen LogP contribution in [0, 0.1) is 11.3 Å². The van der Waals surface area contributed by atoms with E-state index in [4.69, 9.17) is 5.26 Å². The Morgan fingerprint density at radius 2 is 2.44 bits per heavy atom. The van der Waals surface area contributed by atoms with Crippen LogP contribution in [0.25, 0.3) is 0 Å². The quantitative estimate of drug-likeness (QED) is 0.820. The molecule has 82 valence electrons. The van der Waals surface area contributed by atoms with E-state index < -0.39 is 0 Å². The lowest BCUT2D eigenvalue weighted by Crippen LogP contribution is -2.26. The van der Waals surface area contributed by atoms with Gasteiger partial charge in [-0.05, 0) is 25.1 Å². The first-order valence-corrected chi connectivity index (χ1v) is 6.68. The molecule has 1 aliphatic heterocycles. The van der Waals surface area contributed by atoms with Crippen molar-refractivity contribution in [1.29, 1.82) is 5.26 Å². The fourth-order valence-corrected chi connectivity index (χ4v) is 2.92. The summed E-state index contributed by atoms with van der Waals surface area (Å²) in [6, 6.07) is 7.99. The van der Waals surface area contributed by atoms with Crippen molar-refractivity contribution in [1.82, 2.24) is 0 Å². The highest BCUT2D eigenvalue weighted by molar-refractivity contribution is 8.01. The first-order chi connectivity index (χ1) is 7.70. The minimum Gasteiger partial charge on any atom is -0.324 e. The van der Waals surface area contributed by atoms with Crippen LogP contribution in [0.1, 0.15) is 6.92 Å². The SMILES string of the molecule is CC1Sc2ccc(SCC#N)cc2NC1=O. The zero-order chi connectivity index (χ0) is 11.5. The molecule has 1 unspecified atom stereocenters. The second-order valence-electron chi connectivity index (χ2n) is 3.35. The van der Waals surface area contributed by atoms with Gasteiger partial charge >= 0.3 is 0 Å². The molecule has 1 N–H and O–H groups in total. The predicted octanol–water partition coefficient (Wildman–Crippen LogP) is 2.73. The number of thioether (sulfide) groups is 2. The van der Waals surface area contributed by atoms with Crippen LogP contribution in [-0.4, -0.2) is 16.9 Å². The van der Waals surface area contributed by atoms with Gasteiger partial charge in [-0.15, -0.1) is 23.5 Å². The molecule has 0 aromatic heterocycles. The van der Waals surface area contributed by atoms with E-state index in [1.165, 1.54) is 11.8 Å². The smallest absolute Gasteiger partial charge is 0.237 e. The lowest BCUT2D eigenvalue weighted by Gasteiger charge is -2.21. The third-order valence-electron chi connectivity index (χ3n) is 2.19. The van der Waals surface area contributed by atoms with E-state index in [0.717, 1.165) is 15.5 Å². The molecular formula is C11H10N2OS2. The van der Waals surface area contributed by atoms with E-state index in [1.54, 1.807) is 11.8 Å². The predicted molar refractivity (Wildman–Crippen MR) is 66.7 cm³/mol. The number of nitrogens with zero attached hydrogens (tertiary/aromatic N) is 1. The highest BCUT2D eigenvalue weighted by Crippen LogP contribution is 2.37. The standard InChI is InChI=1S/C11H10N2OS2/c1-7-11(14)13-9-6-8(15-5-4-12)2-3-10(9)16-7/h2-3,6-7H,5H2,1H3,(H,13,14). The van der Waals surface area contributed by atoms with Crippen LogP contribution in [0.5, 0.6) is 0 Å². The van der Waals surface area contributed by atoms with Crippen LogP contribution in [-0.2, 0) is 4.79 Å². The maximum absolute atomic E-state index is 11.5. The van der Waals surface area contributed by atoms with Crippen LogP contribution in [0.2, 0.25) is 0 Å². The molecule has 1 heterocycles. The van der Waals surface area contributed by atoms with Gasteiger partial charge in [0.15, 0.2) is 0 Å². The molecule has 16 heavy (non-hydrogen) atoms. The molecule has 5 heteroatoms. The van der Waals surface area contributed by atoms with Gasteiger partial charge < -0.3 is 5.32 Å². The van der Waals surface area contributed by atoms with Gasteiger partial charge in [0.25, 0.3) is 0 Å². The van der Waals surface area contributed by atoms with E-state index in [2.05, 4.69) is 11.4 Å². The van der Waals surface area contributed by atoms with Crippen molar-refractivity contribution in [2.75, 3.05) is 11.1 Å². The highest BCUT2D eigenvalue weighted by Gasteiger charge is 2.22. The zero-order valence-electron chi connectivity index (χ0n) is 8.69. The summed E-state index contributed by atoms with van der Waals surface area (Å²) < 4.78 is 0. The summed E-state index contributed by atoms with van der Waals surface area (Å²) in [6.45, 7) is 1.89. The molecular weight excluding hydrogens is 240 g/mol. The summed E-state index contributed by atoms with van der Waals surface area (Å²) in [5.74, 6) is 0.468. The van der Waals surface area contributed by atoms with Crippen LogP contribution >= 0.6 is 23.5 Å². The van der Waals surface area contributed by atoms with Crippen molar-refractivity contribution in [2.24, 2.45) is 0 Å². The Hall–Kier alpha value is -1.12. The number of nitriles is 1. The summed E-state index contributed by atoms with van der Waals surface area (Å²) in [4.78, 5) is 13.6. The van der Waals surface area contributed by atoms with E-state index in [-0.39, 0.29) is 11.2 Å². The minimum atomic E-state index is -0.0369. The second-order valence-corrected chi connectivity index (χ2v) is 5.79. The monoisotopic (exact) mass is 250 g/mol. The lowest BCUT2D eigenvalue weighted by molar-refractivity contribution is -0.115. The van der Waals surface area contributed by atoms with Crippen molar-refractivity contribution in [2.45, 2.75) is 22.0 Å². The maximum Gasteiger partial charge on any atom is 0.237 e. The number of amides is 1. The summed E-state index contributed by atoms with van der Waals surface area (Å²) in [5.41, 5.74) is 0.857. The zero-order valence-corrected chi connectivity index (χ0v) is 10.3. The molecule has 0 radical (unpaired) electrons. The minimum absolute atomic E-state index is 0.0369. The Morgan fingerprint density at radius 3 is 3.19 bits per heavy atom. The Labute approximate surface area is 103 Å². The molecule has 0 fully saturated rings. The molecule has 1 aromatic rings. The van der Waals surface area contributed by atoms with Gasteiger partial charge in [0.1, 0.15) is 0 Å². The number of anilines is 1. The van der Waals surface area contributed by atoms with Gasteiger partial charge in [0.05, 0.1) is 22.8 Å². The lowest BCUT2D eigenvalue weighted by atomic mass is 10.3. The largest absolute Gasteiger partial charge is 0.324 e. The molecule has 2 rings (SSSR count). The topological polar surface area (TPSA) is 52.9 Å². The van der Waals surface area contributed by atoms with Gasteiger partial charge in [0, 0.05) is 9.79 Å². The van der Waals surface area contributed by atoms with E-state index in [0.29, 0.717) is 5.75 Å². The number of rotatable bonds is 2. The highest BCUT2D eigenvalue weighted by atomic mass is 32.2. The van der Waals surface area contributed by atoms with Crippen molar-refractivity contribution in [3.63, 3.8) is 0 Å². The summed E-state index contributed by atoms with van der Waals surface area (Å²) in [7, 11) is 0. The van der Waals surface area contributed by atoms with Crippen LogP contribution in [0.4, 0.5) is 5.69 Å².